The van der Waals surface area contributed by atoms with Crippen molar-refractivity contribution in [3.8, 4) is 6.19 Å². The van der Waals surface area contributed by atoms with E-state index in [0.717, 1.165) is 38.2 Å². The quantitative estimate of drug-likeness (QED) is 0.1000. The third-order valence-corrected chi connectivity index (χ3v) is 7.42. The number of benzene rings is 1. The molecule has 4 rings (SSSR count). The maximum atomic E-state index is 12.8. The van der Waals surface area contributed by atoms with Crippen LogP contribution in [0.25, 0.3) is 5.57 Å². The van der Waals surface area contributed by atoms with E-state index in [-0.39, 0.29) is 0 Å². The lowest BCUT2D eigenvalue weighted by atomic mass is 9.80. The second-order valence-electron chi connectivity index (χ2n) is 10.2. The Bertz CT molecular complexity index is 1470. The standard InChI is InChI=1S/C32H37N7O4/c1-21-27(30(40)42-3)29(28(22(2)37-21)31(41)43-4)24-9-7-10-25(19-24)38-32(36-20-33)35-15-8-16-39-17-12-23(13-18-39)26-11-5-6-14-34-26/h5-7,9-12,14,19,29,37H,8,13,15-18H2,1-4H3,(H2,35,36,38). The normalized spacial score (nSPS) is 16.2. The summed E-state index contributed by atoms with van der Waals surface area (Å²) in [6.07, 6.45) is 7.76. The van der Waals surface area contributed by atoms with Crippen LogP contribution in [-0.4, -0.2) is 68.2 Å². The number of nitrogens with one attached hydrogen (secondary N) is 3. The number of nitrogens with zero attached hydrogens (tertiary/aromatic N) is 4. The lowest BCUT2D eigenvalue weighted by molar-refractivity contribution is -0.137. The maximum absolute atomic E-state index is 12.8. The van der Waals surface area contributed by atoms with Crippen LogP contribution < -0.4 is 16.0 Å². The highest BCUT2D eigenvalue weighted by Crippen LogP contribution is 2.39. The van der Waals surface area contributed by atoms with E-state index in [1.807, 2.05) is 48.8 Å². The number of ether oxygens (including phenoxy) is 2. The van der Waals surface area contributed by atoms with Crippen LogP contribution in [0, 0.1) is 11.5 Å². The Labute approximate surface area is 252 Å². The molecule has 11 nitrogen and oxygen atoms in total. The maximum Gasteiger partial charge on any atom is 0.336 e. The Hall–Kier alpha value is -4.95. The van der Waals surface area contributed by atoms with Crippen molar-refractivity contribution < 1.29 is 19.1 Å². The number of guanidine groups is 1. The molecule has 224 valence electrons. The van der Waals surface area contributed by atoms with Crippen molar-refractivity contribution in [1.29, 1.82) is 5.26 Å². The van der Waals surface area contributed by atoms with Crippen molar-refractivity contribution in [2.75, 3.05) is 45.7 Å². The van der Waals surface area contributed by atoms with E-state index in [4.69, 9.17) is 9.47 Å². The monoisotopic (exact) mass is 583 g/mol. The number of hydrogen-bond acceptors (Lipinski definition) is 9. The molecule has 1 aromatic heterocycles. The van der Waals surface area contributed by atoms with Crippen LogP contribution in [0.1, 0.15) is 43.9 Å². The number of carbonyl (C=O) groups is 2. The topological polar surface area (TPSA) is 141 Å². The Kier molecular flexibility index (Phi) is 10.7. The zero-order valence-electron chi connectivity index (χ0n) is 24.9. The summed E-state index contributed by atoms with van der Waals surface area (Å²) < 4.78 is 10.1. The highest BCUT2D eigenvalue weighted by molar-refractivity contribution is 6.00. The third kappa shape index (κ3) is 7.67. The predicted octanol–water partition coefficient (Wildman–Crippen LogP) is 3.68. The molecule has 0 fully saturated rings. The van der Waals surface area contributed by atoms with E-state index >= 15 is 0 Å². The van der Waals surface area contributed by atoms with E-state index in [9.17, 15) is 14.9 Å². The summed E-state index contributed by atoms with van der Waals surface area (Å²) in [6.45, 7) is 6.75. The Morgan fingerprint density at radius 1 is 1.12 bits per heavy atom. The SMILES string of the molecule is COC(=O)C1=C(C)NC(C)=C(C(=O)OC)C1c1cccc(NC(=NCCCN2CC=C(c3ccccn3)CC2)NC#N)c1. The lowest BCUT2D eigenvalue weighted by Gasteiger charge is -2.30. The molecule has 0 unspecified atom stereocenters. The Morgan fingerprint density at radius 3 is 2.47 bits per heavy atom. The van der Waals surface area contributed by atoms with Crippen LogP contribution in [0.4, 0.5) is 5.69 Å². The second kappa shape index (κ2) is 14.8. The number of esters is 2. The summed E-state index contributed by atoms with van der Waals surface area (Å²) in [4.78, 5) is 37.1. The number of allylic oxidation sites excluding steroid dienone is 2. The fraction of sp³-hybridized carbons (Fsp3) is 0.344. The van der Waals surface area contributed by atoms with Gasteiger partial charge in [0.15, 0.2) is 6.19 Å². The van der Waals surface area contributed by atoms with Gasteiger partial charge in [-0.25, -0.2) is 9.59 Å². The first-order valence-electron chi connectivity index (χ1n) is 14.1. The first kappa shape index (κ1) is 31.0. The number of aromatic nitrogens is 1. The number of dihydropyridines is 1. The van der Waals surface area contributed by atoms with Gasteiger partial charge in [0.25, 0.3) is 0 Å². The molecule has 43 heavy (non-hydrogen) atoms. The fourth-order valence-corrected chi connectivity index (χ4v) is 5.37. The van der Waals surface area contributed by atoms with Gasteiger partial charge in [-0.3, -0.25) is 20.2 Å². The van der Waals surface area contributed by atoms with Crippen LogP contribution >= 0.6 is 0 Å². The summed E-state index contributed by atoms with van der Waals surface area (Å²) in [5.41, 5.74) is 5.42. The largest absolute Gasteiger partial charge is 0.466 e. The van der Waals surface area contributed by atoms with Crippen molar-refractivity contribution in [1.82, 2.24) is 20.5 Å². The summed E-state index contributed by atoms with van der Waals surface area (Å²) in [6, 6.07) is 13.2. The van der Waals surface area contributed by atoms with Gasteiger partial charge in [-0.2, -0.15) is 5.26 Å². The van der Waals surface area contributed by atoms with Crippen molar-refractivity contribution >= 4 is 29.2 Å². The number of pyridine rings is 1. The molecule has 0 bridgehead atoms. The number of nitriles is 1. The zero-order chi connectivity index (χ0) is 30.8. The van der Waals surface area contributed by atoms with E-state index in [2.05, 4.69) is 36.9 Å². The average molecular weight is 584 g/mol. The minimum absolute atomic E-state index is 0.306. The smallest absolute Gasteiger partial charge is 0.336 e. The molecule has 3 heterocycles. The number of methoxy groups -OCH3 is 2. The van der Waals surface area contributed by atoms with Crippen LogP contribution in [-0.2, 0) is 19.1 Å². The third-order valence-electron chi connectivity index (χ3n) is 7.42. The van der Waals surface area contributed by atoms with Crippen molar-refractivity contribution in [2.24, 2.45) is 4.99 Å². The molecule has 2 aliphatic heterocycles. The van der Waals surface area contributed by atoms with Crippen molar-refractivity contribution in [2.45, 2.75) is 32.6 Å². The van der Waals surface area contributed by atoms with Gasteiger partial charge in [0.1, 0.15) is 0 Å². The molecule has 0 amide bonds. The highest BCUT2D eigenvalue weighted by atomic mass is 16.5. The van der Waals surface area contributed by atoms with E-state index in [0.29, 0.717) is 46.3 Å². The molecular formula is C32H37N7O4. The highest BCUT2D eigenvalue weighted by Gasteiger charge is 2.37. The van der Waals surface area contributed by atoms with Gasteiger partial charge in [-0.1, -0.05) is 24.3 Å². The number of rotatable bonds is 9. The zero-order valence-corrected chi connectivity index (χ0v) is 24.9. The van der Waals surface area contributed by atoms with Crippen LogP contribution in [0.5, 0.6) is 0 Å². The molecule has 3 N–H and O–H groups in total. The van der Waals surface area contributed by atoms with Crippen molar-refractivity contribution in [3.05, 3.63) is 88.5 Å². The molecular weight excluding hydrogens is 546 g/mol. The second-order valence-corrected chi connectivity index (χ2v) is 10.2. The van der Waals surface area contributed by atoms with Gasteiger partial charge in [-0.15, -0.1) is 0 Å². The summed E-state index contributed by atoms with van der Waals surface area (Å²) in [7, 11) is 2.61. The molecule has 0 saturated carbocycles. The molecule has 0 aliphatic carbocycles. The fourth-order valence-electron chi connectivity index (χ4n) is 5.37. The minimum Gasteiger partial charge on any atom is -0.466 e. The summed E-state index contributed by atoms with van der Waals surface area (Å²) >= 11 is 0. The van der Waals surface area contributed by atoms with Crippen molar-refractivity contribution in [3.63, 3.8) is 0 Å². The molecule has 11 heteroatoms. The van der Waals surface area contributed by atoms with Gasteiger partial charge < -0.3 is 20.1 Å². The van der Waals surface area contributed by atoms with Crippen LogP contribution in [0.3, 0.4) is 0 Å². The van der Waals surface area contributed by atoms with Gasteiger partial charge in [0.2, 0.25) is 5.96 Å². The first-order chi connectivity index (χ1) is 20.9. The first-order valence-corrected chi connectivity index (χ1v) is 14.1. The predicted molar refractivity (Wildman–Crippen MR) is 164 cm³/mol. The van der Waals surface area contributed by atoms with Crippen LogP contribution in [0.2, 0.25) is 0 Å². The number of carbonyl (C=O) groups excluding carboxylic acids is 2. The van der Waals surface area contributed by atoms with Crippen LogP contribution in [0.15, 0.2) is 82.3 Å². The molecule has 0 atom stereocenters. The molecule has 0 radical (unpaired) electrons. The molecule has 1 aromatic carbocycles. The molecule has 2 aromatic rings. The molecule has 0 saturated heterocycles. The molecule has 2 aliphatic rings. The lowest BCUT2D eigenvalue weighted by Crippen LogP contribution is -2.32. The van der Waals surface area contributed by atoms with Gasteiger partial charge >= 0.3 is 11.9 Å². The average Bonchev–Trinajstić information content (AvgIpc) is 3.03. The Balaban J connectivity index is 1.45. The summed E-state index contributed by atoms with van der Waals surface area (Å²) in [5, 5.41) is 18.2. The summed E-state index contributed by atoms with van der Waals surface area (Å²) in [5.74, 6) is -1.51. The van der Waals surface area contributed by atoms with E-state index in [1.165, 1.54) is 19.8 Å². The van der Waals surface area contributed by atoms with Gasteiger partial charge in [-0.05, 0) is 62.1 Å². The Morgan fingerprint density at radius 2 is 1.86 bits per heavy atom. The number of aliphatic imine (C=N–C) groups is 1. The minimum atomic E-state index is -0.719. The molecule has 0 spiro atoms. The van der Waals surface area contributed by atoms with E-state index in [1.54, 1.807) is 19.9 Å². The number of anilines is 1. The number of hydrogen-bond donors (Lipinski definition) is 3. The van der Waals surface area contributed by atoms with E-state index < -0.39 is 17.9 Å². The van der Waals surface area contributed by atoms with Gasteiger partial charge in [0.05, 0.1) is 37.0 Å². The van der Waals surface area contributed by atoms with Gasteiger partial charge in [0, 0.05) is 49.5 Å².